The van der Waals surface area contributed by atoms with E-state index in [4.69, 9.17) is 4.98 Å². The van der Waals surface area contributed by atoms with E-state index in [-0.39, 0.29) is 0 Å². The van der Waals surface area contributed by atoms with Gasteiger partial charge in [0, 0.05) is 18.7 Å². The first-order valence-corrected chi connectivity index (χ1v) is 5.70. The molecule has 1 heterocycles. The van der Waals surface area contributed by atoms with Crippen molar-refractivity contribution in [2.24, 2.45) is 7.05 Å². The Labute approximate surface area is 86.3 Å². The van der Waals surface area contributed by atoms with E-state index in [9.17, 15) is 0 Å². The summed E-state index contributed by atoms with van der Waals surface area (Å²) in [5.74, 6) is 1.90. The zero-order valence-corrected chi connectivity index (χ0v) is 9.51. The predicted octanol–water partition coefficient (Wildman–Crippen LogP) is 3.08. The smallest absolute Gasteiger partial charge is 0.105 e. The minimum atomic E-state index is 0.739. The van der Waals surface area contributed by atoms with Gasteiger partial charge in [0.2, 0.25) is 0 Å². The van der Waals surface area contributed by atoms with Crippen LogP contribution in [0.1, 0.15) is 55.2 Å². The minimum Gasteiger partial charge on any atom is -0.335 e. The Morgan fingerprint density at radius 2 is 1.79 bits per heavy atom. The lowest BCUT2D eigenvalue weighted by atomic mass is 9.86. The van der Waals surface area contributed by atoms with Crippen LogP contribution in [0.15, 0.2) is 0 Å². The zero-order chi connectivity index (χ0) is 10.1. The first-order valence-electron chi connectivity index (χ1n) is 5.70. The van der Waals surface area contributed by atoms with E-state index in [1.807, 2.05) is 0 Å². The fourth-order valence-corrected chi connectivity index (χ4v) is 2.51. The van der Waals surface area contributed by atoms with Gasteiger partial charge in [0.15, 0.2) is 0 Å². The summed E-state index contributed by atoms with van der Waals surface area (Å²) < 4.78 is 2.21. The Bertz CT molecular complexity index is 319. The maximum atomic E-state index is 4.70. The van der Waals surface area contributed by atoms with Gasteiger partial charge in [-0.15, -0.1) is 0 Å². The topological polar surface area (TPSA) is 17.8 Å². The summed E-state index contributed by atoms with van der Waals surface area (Å²) in [7, 11) is 2.12. The van der Waals surface area contributed by atoms with Crippen LogP contribution in [0.25, 0.3) is 0 Å². The summed E-state index contributed by atoms with van der Waals surface area (Å²) >= 11 is 0. The molecular formula is C12H20N2. The molecule has 0 aliphatic heterocycles. The molecule has 0 atom stereocenters. The van der Waals surface area contributed by atoms with Gasteiger partial charge in [-0.3, -0.25) is 0 Å². The Balaban J connectivity index is 2.26. The standard InChI is InChI=1S/C12H20N2/c1-9-12(13-10(2)14(9)3)11-7-5-4-6-8-11/h11H,4-8H2,1-3H3. The molecule has 0 spiro atoms. The molecule has 0 bridgehead atoms. The van der Waals surface area contributed by atoms with Crippen molar-refractivity contribution in [2.75, 3.05) is 0 Å². The van der Waals surface area contributed by atoms with Crippen LogP contribution in [0.4, 0.5) is 0 Å². The third-order valence-corrected chi connectivity index (χ3v) is 3.63. The number of rotatable bonds is 1. The quantitative estimate of drug-likeness (QED) is 0.668. The van der Waals surface area contributed by atoms with Gasteiger partial charge >= 0.3 is 0 Å². The van der Waals surface area contributed by atoms with Crippen molar-refractivity contribution in [2.45, 2.75) is 51.9 Å². The number of aryl methyl sites for hydroxylation is 1. The summed E-state index contributed by atoms with van der Waals surface area (Å²) in [4.78, 5) is 4.70. The molecule has 0 unspecified atom stereocenters. The Kier molecular flexibility index (Phi) is 2.62. The van der Waals surface area contributed by atoms with E-state index in [2.05, 4.69) is 25.5 Å². The van der Waals surface area contributed by atoms with Crippen LogP contribution >= 0.6 is 0 Å². The highest BCUT2D eigenvalue weighted by molar-refractivity contribution is 5.19. The Morgan fingerprint density at radius 3 is 2.29 bits per heavy atom. The highest BCUT2D eigenvalue weighted by Crippen LogP contribution is 2.33. The third-order valence-electron chi connectivity index (χ3n) is 3.63. The molecule has 1 aromatic heterocycles. The maximum Gasteiger partial charge on any atom is 0.105 e. The normalized spacial score (nSPS) is 18.8. The molecule has 1 saturated carbocycles. The second kappa shape index (κ2) is 3.76. The molecule has 14 heavy (non-hydrogen) atoms. The largest absolute Gasteiger partial charge is 0.335 e. The van der Waals surface area contributed by atoms with Gasteiger partial charge < -0.3 is 4.57 Å². The lowest BCUT2D eigenvalue weighted by Crippen LogP contribution is -2.06. The summed E-state index contributed by atoms with van der Waals surface area (Å²) in [6, 6.07) is 0. The molecule has 2 heteroatoms. The summed E-state index contributed by atoms with van der Waals surface area (Å²) in [5, 5.41) is 0. The van der Waals surface area contributed by atoms with Crippen molar-refractivity contribution in [1.82, 2.24) is 9.55 Å². The van der Waals surface area contributed by atoms with E-state index in [1.54, 1.807) is 0 Å². The molecule has 1 aliphatic rings. The zero-order valence-electron chi connectivity index (χ0n) is 9.51. The minimum absolute atomic E-state index is 0.739. The number of nitrogens with zero attached hydrogens (tertiary/aromatic N) is 2. The first-order chi connectivity index (χ1) is 6.70. The van der Waals surface area contributed by atoms with Crippen molar-refractivity contribution in [3.05, 3.63) is 17.2 Å². The molecule has 1 aromatic rings. The first kappa shape index (κ1) is 9.75. The number of imidazole rings is 1. The van der Waals surface area contributed by atoms with Gasteiger partial charge in [-0.25, -0.2) is 4.98 Å². The monoisotopic (exact) mass is 192 g/mol. The molecule has 0 amide bonds. The summed E-state index contributed by atoms with van der Waals surface area (Å²) in [5.41, 5.74) is 2.74. The lowest BCUT2D eigenvalue weighted by Gasteiger charge is -2.20. The van der Waals surface area contributed by atoms with E-state index in [0.29, 0.717) is 0 Å². The van der Waals surface area contributed by atoms with Gasteiger partial charge in [-0.1, -0.05) is 19.3 Å². The van der Waals surface area contributed by atoms with Crippen LogP contribution in [0.2, 0.25) is 0 Å². The van der Waals surface area contributed by atoms with Crippen molar-refractivity contribution < 1.29 is 0 Å². The van der Waals surface area contributed by atoms with E-state index >= 15 is 0 Å². The molecule has 78 valence electrons. The second-order valence-electron chi connectivity index (χ2n) is 4.52. The van der Waals surface area contributed by atoms with Gasteiger partial charge in [0.05, 0.1) is 5.69 Å². The highest BCUT2D eigenvalue weighted by atomic mass is 15.1. The highest BCUT2D eigenvalue weighted by Gasteiger charge is 2.20. The lowest BCUT2D eigenvalue weighted by molar-refractivity contribution is 0.436. The third kappa shape index (κ3) is 1.58. The van der Waals surface area contributed by atoms with Crippen LogP contribution in [0, 0.1) is 13.8 Å². The van der Waals surface area contributed by atoms with Crippen LogP contribution in [-0.4, -0.2) is 9.55 Å². The molecule has 2 rings (SSSR count). The number of hydrogen-bond donors (Lipinski definition) is 0. The summed E-state index contributed by atoms with van der Waals surface area (Å²) in [6.07, 6.45) is 6.88. The fraction of sp³-hybridized carbons (Fsp3) is 0.750. The second-order valence-corrected chi connectivity index (χ2v) is 4.52. The average molecular weight is 192 g/mol. The van der Waals surface area contributed by atoms with Gasteiger partial charge in [0.1, 0.15) is 5.82 Å². The van der Waals surface area contributed by atoms with Crippen LogP contribution < -0.4 is 0 Å². The van der Waals surface area contributed by atoms with E-state index < -0.39 is 0 Å². The van der Waals surface area contributed by atoms with Crippen molar-refractivity contribution >= 4 is 0 Å². The molecule has 0 radical (unpaired) electrons. The predicted molar refractivity (Wildman–Crippen MR) is 58.5 cm³/mol. The van der Waals surface area contributed by atoms with Crippen LogP contribution in [-0.2, 0) is 7.05 Å². The maximum absolute atomic E-state index is 4.70. The number of aromatic nitrogens is 2. The molecule has 1 aliphatic carbocycles. The SMILES string of the molecule is Cc1nc(C2CCCCC2)c(C)n1C. The van der Waals surface area contributed by atoms with Crippen LogP contribution in [0.3, 0.4) is 0 Å². The van der Waals surface area contributed by atoms with Crippen LogP contribution in [0.5, 0.6) is 0 Å². The Hall–Kier alpha value is -0.790. The molecule has 0 aromatic carbocycles. The molecule has 0 N–H and O–H groups in total. The molecule has 1 fully saturated rings. The van der Waals surface area contributed by atoms with Gasteiger partial charge in [0.25, 0.3) is 0 Å². The van der Waals surface area contributed by atoms with Gasteiger partial charge in [-0.2, -0.15) is 0 Å². The van der Waals surface area contributed by atoms with Gasteiger partial charge in [-0.05, 0) is 26.7 Å². The van der Waals surface area contributed by atoms with E-state index in [0.717, 1.165) is 11.7 Å². The van der Waals surface area contributed by atoms with E-state index in [1.165, 1.54) is 43.5 Å². The summed E-state index contributed by atoms with van der Waals surface area (Å²) in [6.45, 7) is 4.29. The molecule has 0 saturated heterocycles. The number of hydrogen-bond acceptors (Lipinski definition) is 1. The van der Waals surface area contributed by atoms with Crippen molar-refractivity contribution in [3.63, 3.8) is 0 Å². The molecular weight excluding hydrogens is 172 g/mol. The Morgan fingerprint density at radius 1 is 1.14 bits per heavy atom. The van der Waals surface area contributed by atoms with Crippen molar-refractivity contribution in [1.29, 1.82) is 0 Å². The average Bonchev–Trinajstić information content (AvgIpc) is 2.47. The van der Waals surface area contributed by atoms with Crippen molar-refractivity contribution in [3.8, 4) is 0 Å². The fourth-order valence-electron chi connectivity index (χ4n) is 2.51. The molecule has 2 nitrogen and oxygen atoms in total.